The number of nitrogens with one attached hydrogen (secondary N) is 2. The van der Waals surface area contributed by atoms with Crippen LogP contribution >= 0.6 is 35.6 Å². The van der Waals surface area contributed by atoms with Crippen molar-refractivity contribution in [2.75, 3.05) is 46.8 Å². The highest BCUT2D eigenvalue weighted by molar-refractivity contribution is 14.0. The van der Waals surface area contributed by atoms with Crippen molar-refractivity contribution in [3.63, 3.8) is 0 Å². The molecule has 1 fully saturated rings. The van der Waals surface area contributed by atoms with Gasteiger partial charge in [0.25, 0.3) is 0 Å². The summed E-state index contributed by atoms with van der Waals surface area (Å²) in [4.78, 5) is 9.23. The lowest BCUT2D eigenvalue weighted by Crippen LogP contribution is -2.43. The second kappa shape index (κ2) is 13.1. The standard InChI is InChI=1S/C23H32ClN5.HI/c1-25-23(26-11-10-19-4-3-5-22(24)16-19)27-17-20-6-8-21(9-7-20)18-29-14-12-28(2)13-15-29;/h3-9,16H,10-15,17-18H2,1-2H3,(H2,25,26,27);1H. The molecule has 0 aromatic heterocycles. The molecule has 2 aromatic carbocycles. The van der Waals surface area contributed by atoms with E-state index >= 15 is 0 Å². The summed E-state index contributed by atoms with van der Waals surface area (Å²) in [5.74, 6) is 0.813. The number of halogens is 2. The van der Waals surface area contributed by atoms with Gasteiger partial charge in [0.05, 0.1) is 0 Å². The molecule has 3 rings (SSSR count). The van der Waals surface area contributed by atoms with Crippen molar-refractivity contribution < 1.29 is 0 Å². The SMILES string of the molecule is CN=C(NCCc1cccc(Cl)c1)NCc1ccc(CN2CCN(C)CC2)cc1.I. The first-order valence-electron chi connectivity index (χ1n) is 10.3. The Balaban J connectivity index is 0.00000320. The summed E-state index contributed by atoms with van der Waals surface area (Å²) in [6.07, 6.45) is 0.905. The van der Waals surface area contributed by atoms with Crippen LogP contribution in [-0.4, -0.2) is 62.6 Å². The summed E-state index contributed by atoms with van der Waals surface area (Å²) in [5, 5.41) is 7.53. The molecule has 1 aliphatic heterocycles. The Hall–Kier alpha value is -1.35. The van der Waals surface area contributed by atoms with Crippen LogP contribution in [0.5, 0.6) is 0 Å². The third-order valence-corrected chi connectivity index (χ3v) is 5.54. The Labute approximate surface area is 202 Å². The maximum atomic E-state index is 6.04. The molecule has 7 heteroatoms. The second-order valence-electron chi connectivity index (χ2n) is 7.63. The van der Waals surface area contributed by atoms with Crippen molar-refractivity contribution in [1.82, 2.24) is 20.4 Å². The maximum absolute atomic E-state index is 6.04. The van der Waals surface area contributed by atoms with E-state index < -0.39 is 0 Å². The molecule has 0 bridgehead atoms. The maximum Gasteiger partial charge on any atom is 0.191 e. The lowest BCUT2D eigenvalue weighted by molar-refractivity contribution is 0.148. The molecule has 2 N–H and O–H groups in total. The van der Waals surface area contributed by atoms with Crippen molar-refractivity contribution >= 4 is 41.5 Å². The third kappa shape index (κ3) is 8.41. The van der Waals surface area contributed by atoms with Gasteiger partial charge in [-0.15, -0.1) is 24.0 Å². The highest BCUT2D eigenvalue weighted by atomic mass is 127. The molecule has 0 amide bonds. The Morgan fingerprint density at radius 2 is 1.67 bits per heavy atom. The Morgan fingerprint density at radius 3 is 2.33 bits per heavy atom. The smallest absolute Gasteiger partial charge is 0.191 e. The van der Waals surface area contributed by atoms with Gasteiger partial charge in [0.2, 0.25) is 0 Å². The quantitative estimate of drug-likeness (QED) is 0.319. The van der Waals surface area contributed by atoms with Gasteiger partial charge in [0.1, 0.15) is 0 Å². The lowest BCUT2D eigenvalue weighted by Gasteiger charge is -2.32. The van der Waals surface area contributed by atoms with E-state index in [0.29, 0.717) is 0 Å². The highest BCUT2D eigenvalue weighted by Gasteiger charge is 2.13. The molecule has 0 aliphatic carbocycles. The molecule has 164 valence electrons. The average Bonchev–Trinajstić information content (AvgIpc) is 2.73. The van der Waals surface area contributed by atoms with Crippen LogP contribution in [0.15, 0.2) is 53.5 Å². The topological polar surface area (TPSA) is 42.9 Å². The van der Waals surface area contributed by atoms with Crippen LogP contribution in [0.1, 0.15) is 16.7 Å². The molecule has 1 heterocycles. The Kier molecular flexibility index (Phi) is 10.9. The minimum atomic E-state index is 0. The van der Waals surface area contributed by atoms with Gasteiger partial charge in [0, 0.05) is 57.9 Å². The van der Waals surface area contributed by atoms with E-state index in [9.17, 15) is 0 Å². The Morgan fingerprint density at radius 1 is 0.967 bits per heavy atom. The van der Waals surface area contributed by atoms with Crippen LogP contribution in [-0.2, 0) is 19.5 Å². The first-order chi connectivity index (χ1) is 14.1. The molecule has 1 saturated heterocycles. The van der Waals surface area contributed by atoms with Gasteiger partial charge < -0.3 is 15.5 Å². The number of benzene rings is 2. The van der Waals surface area contributed by atoms with E-state index in [4.69, 9.17) is 11.6 Å². The summed E-state index contributed by atoms with van der Waals surface area (Å²) in [6, 6.07) is 16.9. The predicted octanol–water partition coefficient (Wildman–Crippen LogP) is 3.61. The highest BCUT2D eigenvalue weighted by Crippen LogP contribution is 2.11. The average molecular weight is 542 g/mol. The summed E-state index contributed by atoms with van der Waals surface area (Å²) >= 11 is 6.04. The van der Waals surface area contributed by atoms with E-state index in [-0.39, 0.29) is 24.0 Å². The Bertz CT molecular complexity index is 788. The van der Waals surface area contributed by atoms with E-state index in [1.807, 2.05) is 18.2 Å². The van der Waals surface area contributed by atoms with Crippen molar-refractivity contribution in [1.29, 1.82) is 0 Å². The van der Waals surface area contributed by atoms with Crippen LogP contribution in [0.3, 0.4) is 0 Å². The van der Waals surface area contributed by atoms with Gasteiger partial charge in [-0.1, -0.05) is 48.0 Å². The number of likely N-dealkylation sites (N-methyl/N-ethyl adjacent to an activating group) is 1. The van der Waals surface area contributed by atoms with E-state index in [0.717, 1.165) is 63.2 Å². The van der Waals surface area contributed by atoms with Gasteiger partial charge >= 0.3 is 0 Å². The van der Waals surface area contributed by atoms with Crippen LogP contribution < -0.4 is 10.6 Å². The van der Waals surface area contributed by atoms with Crippen molar-refractivity contribution in [3.8, 4) is 0 Å². The van der Waals surface area contributed by atoms with Gasteiger partial charge in [-0.2, -0.15) is 0 Å². The number of rotatable bonds is 7. The number of hydrogen-bond acceptors (Lipinski definition) is 3. The molecule has 0 unspecified atom stereocenters. The number of hydrogen-bond donors (Lipinski definition) is 2. The summed E-state index contributed by atoms with van der Waals surface area (Å²) in [6.45, 7) is 7.22. The number of aliphatic imine (C=N–C) groups is 1. The van der Waals surface area contributed by atoms with Crippen LogP contribution in [0.4, 0.5) is 0 Å². The molecule has 30 heavy (non-hydrogen) atoms. The molecule has 2 aromatic rings. The number of guanidine groups is 1. The second-order valence-corrected chi connectivity index (χ2v) is 8.06. The van der Waals surface area contributed by atoms with Crippen LogP contribution in [0, 0.1) is 0 Å². The molecular formula is C23H33ClIN5. The molecule has 1 aliphatic rings. The molecular weight excluding hydrogens is 509 g/mol. The van der Waals surface area contributed by atoms with Crippen LogP contribution in [0.25, 0.3) is 0 Å². The fraction of sp³-hybridized carbons (Fsp3) is 0.435. The van der Waals surface area contributed by atoms with Gasteiger partial charge in [0.15, 0.2) is 5.96 Å². The number of piperazine rings is 1. The fourth-order valence-corrected chi connectivity index (χ4v) is 3.66. The summed E-state index contributed by atoms with van der Waals surface area (Å²) in [5.41, 5.74) is 3.85. The predicted molar refractivity (Wildman–Crippen MR) is 138 cm³/mol. The zero-order valence-corrected chi connectivity index (χ0v) is 21.0. The summed E-state index contributed by atoms with van der Waals surface area (Å²) in [7, 11) is 3.99. The molecule has 5 nitrogen and oxygen atoms in total. The molecule has 0 saturated carbocycles. The lowest BCUT2D eigenvalue weighted by atomic mass is 10.1. The third-order valence-electron chi connectivity index (χ3n) is 5.30. The van der Waals surface area contributed by atoms with Gasteiger partial charge in [-0.3, -0.25) is 9.89 Å². The van der Waals surface area contributed by atoms with Crippen LogP contribution in [0.2, 0.25) is 5.02 Å². The first kappa shape index (κ1) is 24.9. The summed E-state index contributed by atoms with van der Waals surface area (Å²) < 4.78 is 0. The normalized spacial score (nSPS) is 15.5. The minimum Gasteiger partial charge on any atom is -0.356 e. The largest absolute Gasteiger partial charge is 0.356 e. The number of nitrogens with zero attached hydrogens (tertiary/aromatic N) is 3. The monoisotopic (exact) mass is 541 g/mol. The fourth-order valence-electron chi connectivity index (χ4n) is 3.45. The first-order valence-corrected chi connectivity index (χ1v) is 10.7. The van der Waals surface area contributed by atoms with Gasteiger partial charge in [-0.25, -0.2) is 0 Å². The van der Waals surface area contributed by atoms with Crippen molar-refractivity contribution in [2.45, 2.75) is 19.5 Å². The minimum absolute atomic E-state index is 0. The van der Waals surface area contributed by atoms with E-state index in [1.54, 1.807) is 7.05 Å². The van der Waals surface area contributed by atoms with Crippen molar-refractivity contribution in [2.24, 2.45) is 4.99 Å². The van der Waals surface area contributed by atoms with Crippen molar-refractivity contribution in [3.05, 3.63) is 70.2 Å². The van der Waals surface area contributed by atoms with E-state index in [2.05, 4.69) is 62.8 Å². The molecule has 0 atom stereocenters. The van der Waals surface area contributed by atoms with E-state index in [1.165, 1.54) is 16.7 Å². The zero-order chi connectivity index (χ0) is 20.5. The zero-order valence-electron chi connectivity index (χ0n) is 17.9. The molecule has 0 spiro atoms. The van der Waals surface area contributed by atoms with Gasteiger partial charge in [-0.05, 0) is 42.3 Å². The molecule has 0 radical (unpaired) electrons.